The van der Waals surface area contributed by atoms with E-state index in [0.29, 0.717) is 12.3 Å². The van der Waals surface area contributed by atoms with Crippen molar-refractivity contribution in [3.05, 3.63) is 65.6 Å². The second-order valence-electron chi connectivity index (χ2n) is 5.81. The molecule has 0 radical (unpaired) electrons. The van der Waals surface area contributed by atoms with Crippen molar-refractivity contribution in [3.63, 3.8) is 0 Å². The third kappa shape index (κ3) is 3.98. The quantitative estimate of drug-likeness (QED) is 0.381. The average Bonchev–Trinajstić information content (AvgIpc) is 3.03. The van der Waals surface area contributed by atoms with Crippen molar-refractivity contribution in [3.8, 4) is 11.8 Å². The summed E-state index contributed by atoms with van der Waals surface area (Å²) in [5.74, 6) is 0.0656. The van der Waals surface area contributed by atoms with Gasteiger partial charge in [0.1, 0.15) is 17.4 Å². The van der Waals surface area contributed by atoms with Crippen LogP contribution in [-0.4, -0.2) is 29.2 Å². The molecule has 0 saturated heterocycles. The molecule has 0 N–H and O–H groups in total. The van der Waals surface area contributed by atoms with Crippen molar-refractivity contribution in [2.45, 2.75) is 13.5 Å². The maximum atomic E-state index is 12.0. The standard InChI is InChI=1S/C21H19N3O3/c1-3-27-21(25)15(12-22)10-16-13-24(14-17-6-4-5-9-23-17)20-8-7-18(26-2)11-19(16)20/h4-11,13H,3,14H2,1-2H3/b15-10+. The van der Waals surface area contributed by atoms with Gasteiger partial charge in [-0.1, -0.05) is 6.07 Å². The van der Waals surface area contributed by atoms with Crippen molar-refractivity contribution in [2.24, 2.45) is 0 Å². The third-order valence-electron chi connectivity index (χ3n) is 4.09. The molecule has 2 aromatic heterocycles. The van der Waals surface area contributed by atoms with Gasteiger partial charge >= 0.3 is 5.97 Å². The van der Waals surface area contributed by atoms with Crippen LogP contribution in [0.2, 0.25) is 0 Å². The highest BCUT2D eigenvalue weighted by atomic mass is 16.5. The van der Waals surface area contributed by atoms with Crippen LogP contribution in [0.25, 0.3) is 17.0 Å². The van der Waals surface area contributed by atoms with Crippen LogP contribution in [0.4, 0.5) is 0 Å². The summed E-state index contributed by atoms with van der Waals surface area (Å²) in [4.78, 5) is 16.3. The number of hydrogen-bond acceptors (Lipinski definition) is 5. The van der Waals surface area contributed by atoms with Crippen LogP contribution >= 0.6 is 0 Å². The fourth-order valence-corrected chi connectivity index (χ4v) is 2.84. The Labute approximate surface area is 157 Å². The van der Waals surface area contributed by atoms with E-state index in [1.54, 1.807) is 26.3 Å². The number of carbonyl (C=O) groups is 1. The SMILES string of the molecule is CCOC(=O)/C(C#N)=C/c1cn(Cc2ccccn2)c2ccc(OC)cc12. The summed E-state index contributed by atoms with van der Waals surface area (Å²) in [6.45, 7) is 2.49. The first kappa shape index (κ1) is 18.2. The van der Waals surface area contributed by atoms with Gasteiger partial charge in [-0.2, -0.15) is 5.26 Å². The molecule has 6 nitrogen and oxygen atoms in total. The lowest BCUT2D eigenvalue weighted by Crippen LogP contribution is -2.05. The van der Waals surface area contributed by atoms with Crippen LogP contribution in [-0.2, 0) is 16.1 Å². The van der Waals surface area contributed by atoms with E-state index in [1.807, 2.05) is 53.2 Å². The second-order valence-corrected chi connectivity index (χ2v) is 5.81. The number of fused-ring (bicyclic) bond motifs is 1. The topological polar surface area (TPSA) is 77.1 Å². The number of methoxy groups -OCH3 is 1. The summed E-state index contributed by atoms with van der Waals surface area (Å²) < 4.78 is 12.3. The molecular formula is C21H19N3O3. The van der Waals surface area contributed by atoms with Crippen molar-refractivity contribution < 1.29 is 14.3 Å². The lowest BCUT2D eigenvalue weighted by Gasteiger charge is -2.05. The molecule has 27 heavy (non-hydrogen) atoms. The summed E-state index contributed by atoms with van der Waals surface area (Å²) in [6, 6.07) is 13.4. The Kier molecular flexibility index (Phi) is 5.53. The molecular weight excluding hydrogens is 342 g/mol. The van der Waals surface area contributed by atoms with E-state index in [9.17, 15) is 10.1 Å². The van der Waals surface area contributed by atoms with Gasteiger partial charge < -0.3 is 14.0 Å². The molecule has 0 bridgehead atoms. The Morgan fingerprint density at radius 3 is 2.85 bits per heavy atom. The highest BCUT2D eigenvalue weighted by Crippen LogP contribution is 2.28. The Morgan fingerprint density at radius 1 is 1.33 bits per heavy atom. The minimum Gasteiger partial charge on any atom is -0.497 e. The minimum atomic E-state index is -0.631. The summed E-state index contributed by atoms with van der Waals surface area (Å²) in [7, 11) is 1.60. The maximum absolute atomic E-state index is 12.0. The van der Waals surface area contributed by atoms with Gasteiger partial charge in [0.25, 0.3) is 0 Å². The monoisotopic (exact) mass is 361 g/mol. The van der Waals surface area contributed by atoms with E-state index in [2.05, 4.69) is 4.98 Å². The number of nitriles is 1. The third-order valence-corrected chi connectivity index (χ3v) is 4.09. The zero-order valence-electron chi connectivity index (χ0n) is 15.2. The lowest BCUT2D eigenvalue weighted by atomic mass is 10.1. The molecule has 0 unspecified atom stereocenters. The number of rotatable bonds is 6. The van der Waals surface area contributed by atoms with E-state index < -0.39 is 5.97 Å². The van der Waals surface area contributed by atoms with Crippen molar-refractivity contribution in [1.82, 2.24) is 9.55 Å². The van der Waals surface area contributed by atoms with E-state index in [0.717, 1.165) is 22.2 Å². The number of hydrogen-bond donors (Lipinski definition) is 0. The molecule has 0 aliphatic rings. The van der Waals surface area contributed by atoms with Crippen molar-refractivity contribution >= 4 is 22.9 Å². The largest absolute Gasteiger partial charge is 0.497 e. The molecule has 0 atom stereocenters. The smallest absolute Gasteiger partial charge is 0.348 e. The first-order valence-corrected chi connectivity index (χ1v) is 8.52. The molecule has 136 valence electrons. The van der Waals surface area contributed by atoms with Crippen LogP contribution in [0.3, 0.4) is 0 Å². The first-order chi connectivity index (χ1) is 13.2. The highest BCUT2D eigenvalue weighted by Gasteiger charge is 2.14. The molecule has 3 rings (SSSR count). The summed E-state index contributed by atoms with van der Waals surface area (Å²) >= 11 is 0. The molecule has 0 aliphatic heterocycles. The average molecular weight is 361 g/mol. The van der Waals surface area contributed by atoms with Crippen LogP contribution in [0.15, 0.2) is 54.4 Å². The number of pyridine rings is 1. The molecule has 2 heterocycles. The van der Waals surface area contributed by atoms with Gasteiger partial charge in [-0.3, -0.25) is 4.98 Å². The maximum Gasteiger partial charge on any atom is 0.348 e. The van der Waals surface area contributed by atoms with Gasteiger partial charge in [0.15, 0.2) is 0 Å². The fraction of sp³-hybridized carbons (Fsp3) is 0.190. The van der Waals surface area contributed by atoms with Crippen LogP contribution in [0.5, 0.6) is 5.75 Å². The number of esters is 1. The van der Waals surface area contributed by atoms with Crippen molar-refractivity contribution in [1.29, 1.82) is 5.26 Å². The number of benzene rings is 1. The van der Waals surface area contributed by atoms with Crippen LogP contribution in [0, 0.1) is 11.3 Å². The van der Waals surface area contributed by atoms with Crippen LogP contribution in [0.1, 0.15) is 18.2 Å². The first-order valence-electron chi connectivity index (χ1n) is 8.52. The van der Waals surface area contributed by atoms with Crippen molar-refractivity contribution in [2.75, 3.05) is 13.7 Å². The predicted octanol–water partition coefficient (Wildman–Crippen LogP) is 3.56. The molecule has 0 aliphatic carbocycles. The van der Waals surface area contributed by atoms with Gasteiger partial charge in [-0.05, 0) is 43.3 Å². The lowest BCUT2D eigenvalue weighted by molar-refractivity contribution is -0.137. The van der Waals surface area contributed by atoms with Gasteiger partial charge in [0.05, 0.1) is 26.0 Å². The van der Waals surface area contributed by atoms with E-state index in [4.69, 9.17) is 9.47 Å². The number of carbonyl (C=O) groups excluding carboxylic acids is 1. The predicted molar refractivity (Wildman–Crippen MR) is 102 cm³/mol. The Morgan fingerprint density at radius 2 is 2.19 bits per heavy atom. The Hall–Kier alpha value is -3.59. The zero-order valence-corrected chi connectivity index (χ0v) is 15.2. The number of nitrogens with zero attached hydrogens (tertiary/aromatic N) is 3. The highest BCUT2D eigenvalue weighted by molar-refractivity contribution is 6.01. The minimum absolute atomic E-state index is 0.0449. The van der Waals surface area contributed by atoms with Gasteiger partial charge in [-0.15, -0.1) is 0 Å². The molecule has 3 aromatic rings. The summed E-state index contributed by atoms with van der Waals surface area (Å²) in [6.07, 6.45) is 5.20. The number of aromatic nitrogens is 2. The molecule has 0 saturated carbocycles. The Balaban J connectivity index is 2.11. The van der Waals surface area contributed by atoms with Gasteiger partial charge in [-0.25, -0.2) is 4.79 Å². The molecule has 0 fully saturated rings. The molecule has 1 aromatic carbocycles. The van der Waals surface area contributed by atoms with Gasteiger partial charge in [0.2, 0.25) is 0 Å². The summed E-state index contributed by atoms with van der Waals surface area (Å²) in [5.41, 5.74) is 2.56. The van der Waals surface area contributed by atoms with E-state index in [1.165, 1.54) is 0 Å². The molecule has 0 amide bonds. The normalized spacial score (nSPS) is 11.2. The summed E-state index contributed by atoms with van der Waals surface area (Å²) in [5, 5.41) is 10.2. The second kappa shape index (κ2) is 8.19. The van der Waals surface area contributed by atoms with Crippen LogP contribution < -0.4 is 4.74 Å². The molecule has 0 spiro atoms. The van der Waals surface area contributed by atoms with Gasteiger partial charge in [0, 0.05) is 28.9 Å². The Bertz CT molecular complexity index is 1030. The zero-order chi connectivity index (χ0) is 19.2. The fourth-order valence-electron chi connectivity index (χ4n) is 2.84. The van der Waals surface area contributed by atoms with E-state index >= 15 is 0 Å². The number of ether oxygens (including phenoxy) is 2. The molecule has 6 heteroatoms. The van der Waals surface area contributed by atoms with E-state index in [-0.39, 0.29) is 12.2 Å².